The second-order valence-electron chi connectivity index (χ2n) is 5.16. The summed E-state index contributed by atoms with van der Waals surface area (Å²) in [4.78, 5) is 28.3. The van der Waals surface area contributed by atoms with Crippen molar-refractivity contribution >= 4 is 31.4 Å². The predicted molar refractivity (Wildman–Crippen MR) is 86.6 cm³/mol. The summed E-state index contributed by atoms with van der Waals surface area (Å²) in [5, 5.41) is 3.03. The molecule has 0 saturated carbocycles. The molecule has 8 nitrogen and oxygen atoms in total. The summed E-state index contributed by atoms with van der Waals surface area (Å²) in [5.74, 6) is 0.821. The highest BCUT2D eigenvalue weighted by atomic mass is 35.5. The average molecular weight is 350 g/mol. The van der Waals surface area contributed by atoms with E-state index in [1.165, 1.54) is 0 Å². The summed E-state index contributed by atoms with van der Waals surface area (Å²) in [7, 11) is -3.96. The van der Waals surface area contributed by atoms with E-state index in [9.17, 15) is 4.57 Å². The molecule has 0 bridgehead atoms. The summed E-state index contributed by atoms with van der Waals surface area (Å²) in [6.45, 7) is 4.56. The minimum Gasteiger partial charge on any atom is -0.331 e. The Kier molecular flexibility index (Phi) is 6.00. The molecule has 1 aromatic rings. The molecule has 0 fully saturated rings. The number of nitrogens with one attached hydrogen (secondary N) is 1. The smallest absolute Gasteiger partial charge is 0.326 e. The number of imidazole rings is 1. The van der Waals surface area contributed by atoms with Gasteiger partial charge in [-0.25, -0.2) is 9.98 Å². The average Bonchev–Trinajstić information content (AvgIpc) is 2.86. The lowest BCUT2D eigenvalue weighted by molar-refractivity contribution is 0.269. The normalized spacial score (nSPS) is 17.6. The molecule has 1 atom stereocenters. The third-order valence-electron chi connectivity index (χ3n) is 3.40. The van der Waals surface area contributed by atoms with E-state index < -0.39 is 13.1 Å². The molecule has 1 unspecified atom stereocenters. The lowest BCUT2D eigenvalue weighted by Gasteiger charge is -2.23. The summed E-state index contributed by atoms with van der Waals surface area (Å²) >= 11 is 6.06. The molecule has 2 rings (SSSR count). The number of halogens is 1. The van der Waals surface area contributed by atoms with Gasteiger partial charge in [0.2, 0.25) is 0 Å². The van der Waals surface area contributed by atoms with Gasteiger partial charge in [-0.15, -0.1) is 0 Å². The molecule has 22 heavy (non-hydrogen) atoms. The van der Waals surface area contributed by atoms with Gasteiger partial charge in [0.05, 0.1) is 18.8 Å². The molecule has 0 saturated heterocycles. The van der Waals surface area contributed by atoms with Gasteiger partial charge < -0.3 is 24.6 Å². The first-order valence-electron chi connectivity index (χ1n) is 7.15. The third-order valence-corrected chi connectivity index (χ3v) is 4.50. The van der Waals surface area contributed by atoms with Crippen molar-refractivity contribution in [2.24, 2.45) is 4.99 Å². The van der Waals surface area contributed by atoms with Gasteiger partial charge in [-0.2, -0.15) is 0 Å². The summed E-state index contributed by atoms with van der Waals surface area (Å²) in [5.41, 5.74) is 0.223. The van der Waals surface area contributed by atoms with Crippen LogP contribution in [0.2, 0.25) is 0 Å². The van der Waals surface area contributed by atoms with Crippen LogP contribution >= 0.6 is 19.2 Å². The van der Waals surface area contributed by atoms with Crippen LogP contribution in [0.5, 0.6) is 0 Å². The number of aliphatic imine (C=N–C) groups is 1. The zero-order valence-corrected chi connectivity index (χ0v) is 14.0. The predicted octanol–water partition coefficient (Wildman–Crippen LogP) is 1.46. The minimum atomic E-state index is -3.96. The van der Waals surface area contributed by atoms with Crippen molar-refractivity contribution in [2.45, 2.75) is 25.4 Å². The van der Waals surface area contributed by atoms with E-state index in [1.807, 2.05) is 16.4 Å². The SMILES string of the molecule is CCCN(CCn1cnc2c1NC=NC2Cl)CCP(=O)(O)O. The van der Waals surface area contributed by atoms with E-state index in [0.29, 0.717) is 25.3 Å². The van der Waals surface area contributed by atoms with E-state index in [1.54, 1.807) is 12.7 Å². The van der Waals surface area contributed by atoms with Crippen molar-refractivity contribution in [2.75, 3.05) is 31.1 Å². The van der Waals surface area contributed by atoms with Gasteiger partial charge in [0, 0.05) is 19.6 Å². The number of nitrogens with zero attached hydrogens (tertiary/aromatic N) is 4. The minimum absolute atomic E-state index is 0.121. The Bertz CT molecular complexity index is 573. The zero-order valence-electron chi connectivity index (χ0n) is 12.4. The number of anilines is 1. The molecule has 124 valence electrons. The van der Waals surface area contributed by atoms with Gasteiger partial charge in [0.1, 0.15) is 11.5 Å². The fourth-order valence-electron chi connectivity index (χ4n) is 2.31. The molecule has 0 aliphatic carbocycles. The molecule has 1 aliphatic rings. The third kappa shape index (κ3) is 4.79. The lowest BCUT2D eigenvalue weighted by atomic mass is 10.3. The van der Waals surface area contributed by atoms with E-state index in [4.69, 9.17) is 21.4 Å². The van der Waals surface area contributed by atoms with E-state index in [-0.39, 0.29) is 6.16 Å². The van der Waals surface area contributed by atoms with Gasteiger partial charge in [-0.05, 0) is 13.0 Å². The topological polar surface area (TPSA) is 103 Å². The van der Waals surface area contributed by atoms with Gasteiger partial charge >= 0.3 is 7.60 Å². The van der Waals surface area contributed by atoms with E-state index >= 15 is 0 Å². The Morgan fingerprint density at radius 2 is 2.23 bits per heavy atom. The Hall–Kier alpha value is -0.920. The van der Waals surface area contributed by atoms with E-state index in [0.717, 1.165) is 18.8 Å². The molecule has 1 aromatic heterocycles. The van der Waals surface area contributed by atoms with Crippen LogP contribution < -0.4 is 5.32 Å². The lowest BCUT2D eigenvalue weighted by Crippen LogP contribution is -2.31. The molecule has 0 radical (unpaired) electrons. The molecule has 0 spiro atoms. The Morgan fingerprint density at radius 3 is 2.91 bits per heavy atom. The highest BCUT2D eigenvalue weighted by Gasteiger charge is 2.21. The number of fused-ring (bicyclic) bond motifs is 1. The van der Waals surface area contributed by atoms with Crippen LogP contribution in [0.1, 0.15) is 24.5 Å². The van der Waals surface area contributed by atoms with Gasteiger partial charge in [0.15, 0.2) is 5.50 Å². The molecule has 1 aliphatic heterocycles. The van der Waals surface area contributed by atoms with Crippen LogP contribution in [-0.4, -0.2) is 56.4 Å². The first-order valence-corrected chi connectivity index (χ1v) is 9.38. The number of hydrogen-bond acceptors (Lipinski definition) is 5. The fourth-order valence-corrected chi connectivity index (χ4v) is 3.06. The second-order valence-corrected chi connectivity index (χ2v) is 7.35. The molecular formula is C12H21ClN5O3P. The highest BCUT2D eigenvalue weighted by molar-refractivity contribution is 7.51. The number of hydrogen-bond donors (Lipinski definition) is 3. The number of aromatic nitrogens is 2. The van der Waals surface area contributed by atoms with E-state index in [2.05, 4.69) is 15.3 Å². The Morgan fingerprint density at radius 1 is 1.45 bits per heavy atom. The standard InChI is InChI=1S/C12H21ClN5O3P/c1-2-3-17(6-7-22(19,20)21)4-5-18-9-16-10-11(13)14-8-15-12(10)18/h8-9,11H,2-7H2,1H3,(H,14,15)(H2,19,20,21). The maximum absolute atomic E-state index is 11.0. The monoisotopic (exact) mass is 349 g/mol. The quantitative estimate of drug-likeness (QED) is 0.373. The van der Waals surface area contributed by atoms with Crippen LogP contribution in [0.15, 0.2) is 11.3 Å². The molecule has 10 heteroatoms. The van der Waals surface area contributed by atoms with Crippen molar-refractivity contribution in [1.29, 1.82) is 0 Å². The maximum atomic E-state index is 11.0. The first kappa shape index (κ1) is 17.4. The summed E-state index contributed by atoms with van der Waals surface area (Å²) < 4.78 is 13.0. The van der Waals surface area contributed by atoms with Crippen molar-refractivity contribution in [3.8, 4) is 0 Å². The number of alkyl halides is 1. The summed E-state index contributed by atoms with van der Waals surface area (Å²) in [6.07, 6.45) is 4.06. The van der Waals surface area contributed by atoms with Gasteiger partial charge in [0.25, 0.3) is 0 Å². The van der Waals surface area contributed by atoms with Crippen molar-refractivity contribution < 1.29 is 14.4 Å². The van der Waals surface area contributed by atoms with Gasteiger partial charge in [-0.3, -0.25) is 4.57 Å². The van der Waals surface area contributed by atoms with Crippen LogP contribution in [0.3, 0.4) is 0 Å². The van der Waals surface area contributed by atoms with Crippen LogP contribution in [0.25, 0.3) is 0 Å². The van der Waals surface area contributed by atoms with Crippen LogP contribution in [0.4, 0.5) is 5.82 Å². The summed E-state index contributed by atoms with van der Waals surface area (Å²) in [6, 6.07) is 0. The van der Waals surface area contributed by atoms with Crippen LogP contribution in [0, 0.1) is 0 Å². The highest BCUT2D eigenvalue weighted by Crippen LogP contribution is 2.33. The second kappa shape index (κ2) is 7.57. The maximum Gasteiger partial charge on any atom is 0.326 e. The molecule has 0 aromatic carbocycles. The number of rotatable bonds is 8. The van der Waals surface area contributed by atoms with Crippen molar-refractivity contribution in [3.05, 3.63) is 12.0 Å². The van der Waals surface area contributed by atoms with Crippen LogP contribution in [-0.2, 0) is 11.1 Å². The zero-order chi connectivity index (χ0) is 16.2. The largest absolute Gasteiger partial charge is 0.331 e. The first-order chi connectivity index (χ1) is 10.4. The molecule has 2 heterocycles. The molecule has 3 N–H and O–H groups in total. The molecule has 0 amide bonds. The molecular weight excluding hydrogens is 329 g/mol. The van der Waals surface area contributed by atoms with Gasteiger partial charge in [-0.1, -0.05) is 18.5 Å². The van der Waals surface area contributed by atoms with Crippen molar-refractivity contribution in [1.82, 2.24) is 14.5 Å². The Labute approximate surface area is 134 Å². The van der Waals surface area contributed by atoms with Crippen molar-refractivity contribution in [3.63, 3.8) is 0 Å². The Balaban J connectivity index is 1.94. The fraction of sp³-hybridized carbons (Fsp3) is 0.667.